The van der Waals surface area contributed by atoms with E-state index in [1.807, 2.05) is 0 Å². The zero-order valence-corrected chi connectivity index (χ0v) is 15.6. The van der Waals surface area contributed by atoms with Crippen LogP contribution in [0.15, 0.2) is 42.5 Å². The van der Waals surface area contributed by atoms with Crippen molar-refractivity contribution in [2.75, 3.05) is 0 Å². The number of benzene rings is 2. The number of carboxylic acids is 2. The summed E-state index contributed by atoms with van der Waals surface area (Å²) in [6.07, 6.45) is -1.09. The summed E-state index contributed by atoms with van der Waals surface area (Å²) in [5.41, 5.74) is 1.60. The molecule has 3 N–H and O–H groups in total. The molecule has 0 aliphatic heterocycles. The monoisotopic (exact) mass is 407 g/mol. The summed E-state index contributed by atoms with van der Waals surface area (Å²) in [5.74, 6) is -3.41. The molecule has 1 amide bonds. The van der Waals surface area contributed by atoms with Gasteiger partial charge in [-0.2, -0.15) is 0 Å². The normalized spacial score (nSPS) is 11.6. The van der Waals surface area contributed by atoms with Gasteiger partial charge in [0.1, 0.15) is 5.82 Å². The van der Waals surface area contributed by atoms with Crippen molar-refractivity contribution in [2.45, 2.75) is 31.7 Å². The van der Waals surface area contributed by atoms with Gasteiger partial charge in [-0.1, -0.05) is 35.9 Å². The number of hydrogen-bond donors (Lipinski definition) is 3. The van der Waals surface area contributed by atoms with Crippen molar-refractivity contribution in [3.63, 3.8) is 0 Å². The summed E-state index contributed by atoms with van der Waals surface area (Å²) >= 11 is 5.95. The largest absolute Gasteiger partial charge is 0.481 e. The van der Waals surface area contributed by atoms with Crippen LogP contribution in [0.1, 0.15) is 24.8 Å². The molecular formula is C20H19ClFNO5. The summed E-state index contributed by atoms with van der Waals surface area (Å²) < 4.78 is 14.6. The SMILES string of the molecule is O=C(O)CCC(=O)N[C@@H](CC(=O)O)Cc1ccc(-c2cccc(Cl)c2)cc1F. The Morgan fingerprint density at radius 1 is 1.00 bits per heavy atom. The molecule has 2 aromatic carbocycles. The number of hydrogen-bond acceptors (Lipinski definition) is 3. The first-order valence-electron chi connectivity index (χ1n) is 8.52. The maximum absolute atomic E-state index is 14.6. The third-order valence-corrected chi connectivity index (χ3v) is 4.26. The molecule has 0 spiro atoms. The molecule has 2 aromatic rings. The van der Waals surface area contributed by atoms with Gasteiger partial charge < -0.3 is 15.5 Å². The van der Waals surface area contributed by atoms with Crippen LogP contribution in [0, 0.1) is 5.82 Å². The topological polar surface area (TPSA) is 104 Å². The van der Waals surface area contributed by atoms with Gasteiger partial charge in [0.15, 0.2) is 0 Å². The third-order valence-electron chi connectivity index (χ3n) is 4.03. The number of carboxylic acid groups (broad SMARTS) is 2. The van der Waals surface area contributed by atoms with Crippen molar-refractivity contribution in [2.24, 2.45) is 0 Å². The van der Waals surface area contributed by atoms with Crippen LogP contribution >= 0.6 is 11.6 Å². The molecule has 0 aliphatic carbocycles. The van der Waals surface area contributed by atoms with Crippen LogP contribution in [0.4, 0.5) is 4.39 Å². The standard InChI is InChI=1S/C20H19ClFNO5/c21-15-3-1-2-12(8-15)13-4-5-14(17(22)10-13)9-16(11-20(27)28)23-18(24)6-7-19(25)26/h1-5,8,10,16H,6-7,9,11H2,(H,23,24)(H,25,26)(H,27,28)/t16-/m1/s1. The molecule has 28 heavy (non-hydrogen) atoms. The van der Waals surface area contributed by atoms with Crippen molar-refractivity contribution < 1.29 is 29.0 Å². The number of nitrogens with one attached hydrogen (secondary N) is 1. The van der Waals surface area contributed by atoms with Gasteiger partial charge in [-0.25, -0.2) is 4.39 Å². The van der Waals surface area contributed by atoms with E-state index in [0.29, 0.717) is 10.6 Å². The van der Waals surface area contributed by atoms with Crippen LogP contribution < -0.4 is 5.32 Å². The lowest BCUT2D eigenvalue weighted by Crippen LogP contribution is -2.38. The molecule has 0 radical (unpaired) electrons. The summed E-state index contributed by atoms with van der Waals surface area (Å²) in [6, 6.07) is 10.6. The average molecular weight is 408 g/mol. The highest BCUT2D eigenvalue weighted by Gasteiger charge is 2.19. The van der Waals surface area contributed by atoms with Gasteiger partial charge in [0, 0.05) is 17.5 Å². The summed E-state index contributed by atoms with van der Waals surface area (Å²) in [4.78, 5) is 33.4. The average Bonchev–Trinajstić information content (AvgIpc) is 2.61. The van der Waals surface area contributed by atoms with E-state index >= 15 is 0 Å². The minimum absolute atomic E-state index is 0.0349. The Morgan fingerprint density at radius 3 is 2.32 bits per heavy atom. The summed E-state index contributed by atoms with van der Waals surface area (Å²) in [5, 5.41) is 20.6. The van der Waals surface area contributed by atoms with E-state index in [1.165, 1.54) is 12.1 Å². The van der Waals surface area contributed by atoms with Crippen LogP contribution in [0.5, 0.6) is 0 Å². The van der Waals surface area contributed by atoms with Crippen molar-refractivity contribution in [3.05, 3.63) is 58.9 Å². The highest BCUT2D eigenvalue weighted by atomic mass is 35.5. The molecule has 0 aromatic heterocycles. The number of aliphatic carboxylic acids is 2. The van der Waals surface area contributed by atoms with E-state index in [9.17, 15) is 18.8 Å². The molecule has 1 atom stereocenters. The second kappa shape index (κ2) is 9.85. The molecule has 148 valence electrons. The zero-order valence-electron chi connectivity index (χ0n) is 14.8. The predicted octanol–water partition coefficient (Wildman–Crippen LogP) is 3.51. The smallest absolute Gasteiger partial charge is 0.305 e. The summed E-state index contributed by atoms with van der Waals surface area (Å²) in [6.45, 7) is 0. The first kappa shape index (κ1) is 21.4. The molecule has 0 bridgehead atoms. The van der Waals surface area contributed by atoms with Crippen LogP contribution in [0.25, 0.3) is 11.1 Å². The minimum atomic E-state index is -1.15. The van der Waals surface area contributed by atoms with E-state index in [0.717, 1.165) is 5.56 Å². The van der Waals surface area contributed by atoms with Gasteiger partial charge in [-0.05, 0) is 41.3 Å². The first-order chi connectivity index (χ1) is 13.2. The molecule has 0 saturated carbocycles. The van der Waals surface area contributed by atoms with E-state index in [2.05, 4.69) is 5.32 Å². The number of rotatable bonds is 9. The fourth-order valence-corrected chi connectivity index (χ4v) is 2.92. The molecular weight excluding hydrogens is 389 g/mol. The van der Waals surface area contributed by atoms with Crippen LogP contribution in [0.2, 0.25) is 5.02 Å². The number of carbonyl (C=O) groups is 3. The first-order valence-corrected chi connectivity index (χ1v) is 8.89. The van der Waals surface area contributed by atoms with Gasteiger partial charge in [0.2, 0.25) is 5.91 Å². The van der Waals surface area contributed by atoms with Crippen LogP contribution in [-0.2, 0) is 20.8 Å². The van der Waals surface area contributed by atoms with E-state index < -0.39 is 36.1 Å². The lowest BCUT2D eigenvalue weighted by molar-refractivity contribution is -0.140. The van der Waals surface area contributed by atoms with Crippen molar-refractivity contribution in [3.8, 4) is 11.1 Å². The molecule has 8 heteroatoms. The molecule has 0 saturated heterocycles. The van der Waals surface area contributed by atoms with Crippen LogP contribution in [0.3, 0.4) is 0 Å². The molecule has 2 rings (SSSR count). The summed E-state index contributed by atoms with van der Waals surface area (Å²) in [7, 11) is 0. The van der Waals surface area contributed by atoms with E-state index in [1.54, 1.807) is 30.3 Å². The lowest BCUT2D eigenvalue weighted by atomic mass is 9.98. The Labute approximate surface area is 165 Å². The molecule has 0 heterocycles. The Hall–Kier alpha value is -2.93. The Kier molecular flexibility index (Phi) is 7.52. The molecule has 0 fully saturated rings. The number of halogens is 2. The van der Waals surface area contributed by atoms with Crippen molar-refractivity contribution in [1.29, 1.82) is 0 Å². The third kappa shape index (κ3) is 6.66. The van der Waals surface area contributed by atoms with E-state index in [4.69, 9.17) is 21.8 Å². The van der Waals surface area contributed by atoms with Gasteiger partial charge >= 0.3 is 11.9 Å². The number of carbonyl (C=O) groups excluding carboxylic acids is 1. The van der Waals surface area contributed by atoms with Crippen molar-refractivity contribution >= 4 is 29.4 Å². The van der Waals surface area contributed by atoms with Crippen LogP contribution in [-0.4, -0.2) is 34.1 Å². The fraction of sp³-hybridized carbons (Fsp3) is 0.250. The van der Waals surface area contributed by atoms with Gasteiger partial charge in [0.05, 0.1) is 12.8 Å². The van der Waals surface area contributed by atoms with Gasteiger partial charge in [-0.15, -0.1) is 0 Å². The lowest BCUT2D eigenvalue weighted by Gasteiger charge is -2.18. The highest BCUT2D eigenvalue weighted by molar-refractivity contribution is 6.30. The minimum Gasteiger partial charge on any atom is -0.481 e. The van der Waals surface area contributed by atoms with Crippen molar-refractivity contribution in [1.82, 2.24) is 5.32 Å². The second-order valence-electron chi connectivity index (χ2n) is 6.28. The Morgan fingerprint density at radius 2 is 1.71 bits per heavy atom. The predicted molar refractivity (Wildman–Crippen MR) is 102 cm³/mol. The Bertz CT molecular complexity index is 887. The van der Waals surface area contributed by atoms with E-state index in [-0.39, 0.29) is 24.8 Å². The maximum atomic E-state index is 14.6. The van der Waals surface area contributed by atoms with Gasteiger partial charge in [-0.3, -0.25) is 14.4 Å². The Balaban J connectivity index is 2.13. The number of amides is 1. The fourth-order valence-electron chi connectivity index (χ4n) is 2.73. The molecule has 6 nitrogen and oxygen atoms in total. The molecule has 0 aliphatic rings. The molecule has 0 unspecified atom stereocenters. The maximum Gasteiger partial charge on any atom is 0.305 e. The zero-order chi connectivity index (χ0) is 20.7. The van der Waals surface area contributed by atoms with Gasteiger partial charge in [0.25, 0.3) is 0 Å². The quantitative estimate of drug-likeness (QED) is 0.590. The highest BCUT2D eigenvalue weighted by Crippen LogP contribution is 2.25. The second-order valence-corrected chi connectivity index (χ2v) is 6.71.